The summed E-state index contributed by atoms with van der Waals surface area (Å²) in [5.41, 5.74) is 2.16. The van der Waals surface area contributed by atoms with Crippen LogP contribution in [0.3, 0.4) is 0 Å². The molecule has 3 rings (SSSR count). The number of rotatable bonds is 3. The molecule has 0 spiro atoms. The molecule has 0 bridgehead atoms. The Morgan fingerprint density at radius 1 is 1.41 bits per heavy atom. The van der Waals surface area contributed by atoms with Gasteiger partial charge in [-0.1, -0.05) is 29.8 Å². The van der Waals surface area contributed by atoms with E-state index in [1.54, 1.807) is 6.07 Å². The Morgan fingerprint density at radius 2 is 2.18 bits per heavy atom. The Morgan fingerprint density at radius 3 is 2.91 bits per heavy atom. The van der Waals surface area contributed by atoms with Crippen LogP contribution in [0.5, 0.6) is 0 Å². The summed E-state index contributed by atoms with van der Waals surface area (Å²) >= 11 is 6.12. The number of nitrogens with zero attached hydrogens (tertiary/aromatic N) is 2. The first-order valence-electron chi connectivity index (χ1n) is 7.10. The zero-order valence-electron chi connectivity index (χ0n) is 11.8. The molecule has 0 aliphatic heterocycles. The average Bonchev–Trinajstić information content (AvgIpc) is 2.49. The number of halogens is 1. The van der Waals surface area contributed by atoms with Crippen molar-refractivity contribution in [3.8, 4) is 0 Å². The van der Waals surface area contributed by atoms with E-state index in [-0.39, 0.29) is 5.56 Å². The molecule has 0 fully saturated rings. The molecule has 1 aromatic carbocycles. The average molecular weight is 319 g/mol. The number of aromatic nitrogens is 2. The van der Waals surface area contributed by atoms with Gasteiger partial charge in [-0.05, 0) is 36.5 Å². The van der Waals surface area contributed by atoms with Gasteiger partial charge in [0.1, 0.15) is 0 Å². The van der Waals surface area contributed by atoms with Crippen molar-refractivity contribution in [1.29, 1.82) is 0 Å². The van der Waals surface area contributed by atoms with Crippen LogP contribution in [0.25, 0.3) is 0 Å². The predicted molar refractivity (Wildman–Crippen MR) is 82.2 cm³/mol. The van der Waals surface area contributed by atoms with Crippen molar-refractivity contribution >= 4 is 17.6 Å². The summed E-state index contributed by atoms with van der Waals surface area (Å²) in [4.78, 5) is 23.3. The van der Waals surface area contributed by atoms with E-state index < -0.39 is 11.9 Å². The molecular formula is C16H15ClN2O3. The molecule has 0 saturated carbocycles. The Kier molecular flexibility index (Phi) is 3.98. The van der Waals surface area contributed by atoms with Gasteiger partial charge in [0.05, 0.1) is 18.2 Å². The van der Waals surface area contributed by atoms with Gasteiger partial charge in [-0.15, -0.1) is 0 Å². The van der Waals surface area contributed by atoms with E-state index in [0.29, 0.717) is 30.8 Å². The molecule has 0 unspecified atom stereocenters. The lowest BCUT2D eigenvalue weighted by Gasteiger charge is -2.21. The maximum Gasteiger partial charge on any atom is 0.306 e. The minimum atomic E-state index is -0.814. The fourth-order valence-corrected chi connectivity index (χ4v) is 2.94. The largest absolute Gasteiger partial charge is 0.481 e. The van der Waals surface area contributed by atoms with Gasteiger partial charge < -0.3 is 5.11 Å². The summed E-state index contributed by atoms with van der Waals surface area (Å²) in [7, 11) is 0. The normalized spacial score (nSPS) is 17.0. The maximum absolute atomic E-state index is 12.2. The summed E-state index contributed by atoms with van der Waals surface area (Å²) in [6.45, 7) is 0.314. The van der Waals surface area contributed by atoms with E-state index in [1.807, 2.05) is 18.2 Å². The van der Waals surface area contributed by atoms with E-state index in [2.05, 4.69) is 5.10 Å². The van der Waals surface area contributed by atoms with Crippen molar-refractivity contribution in [2.24, 2.45) is 5.92 Å². The van der Waals surface area contributed by atoms with Crippen LogP contribution in [-0.2, 0) is 24.2 Å². The van der Waals surface area contributed by atoms with Gasteiger partial charge >= 0.3 is 5.97 Å². The zero-order chi connectivity index (χ0) is 15.7. The predicted octanol–water partition coefficient (Wildman–Crippen LogP) is 2.13. The maximum atomic E-state index is 12.2. The van der Waals surface area contributed by atoms with E-state index in [0.717, 1.165) is 16.8 Å². The second-order valence-corrected chi connectivity index (χ2v) is 5.89. The monoisotopic (exact) mass is 318 g/mol. The van der Waals surface area contributed by atoms with E-state index in [9.17, 15) is 9.59 Å². The summed E-state index contributed by atoms with van der Waals surface area (Å²) in [6.07, 6.45) is 1.51. The molecule has 1 N–H and O–H groups in total. The minimum Gasteiger partial charge on any atom is -0.481 e. The summed E-state index contributed by atoms with van der Waals surface area (Å²) in [5.74, 6) is -1.24. The van der Waals surface area contributed by atoms with Gasteiger partial charge in [0.25, 0.3) is 5.56 Å². The Balaban J connectivity index is 1.91. The lowest BCUT2D eigenvalue weighted by Crippen LogP contribution is -2.30. The molecule has 22 heavy (non-hydrogen) atoms. The number of benzene rings is 1. The first kappa shape index (κ1) is 14.8. The molecule has 1 heterocycles. The van der Waals surface area contributed by atoms with Crippen molar-refractivity contribution in [1.82, 2.24) is 9.78 Å². The van der Waals surface area contributed by atoms with Crippen molar-refractivity contribution in [3.05, 3.63) is 62.5 Å². The fourth-order valence-electron chi connectivity index (χ4n) is 2.74. The highest BCUT2D eigenvalue weighted by molar-refractivity contribution is 6.31. The second kappa shape index (κ2) is 5.93. The molecule has 0 radical (unpaired) electrons. The first-order chi connectivity index (χ1) is 10.5. The molecular weight excluding hydrogens is 304 g/mol. The highest BCUT2D eigenvalue weighted by Gasteiger charge is 2.26. The Labute approximate surface area is 132 Å². The molecule has 0 amide bonds. The van der Waals surface area contributed by atoms with Crippen molar-refractivity contribution in [2.45, 2.75) is 25.8 Å². The lowest BCUT2D eigenvalue weighted by atomic mass is 9.87. The number of carbonyl (C=O) groups is 1. The Bertz CT molecular complexity index is 785. The highest BCUT2D eigenvalue weighted by atomic mass is 35.5. The number of fused-ring (bicyclic) bond motifs is 1. The molecule has 1 aliphatic carbocycles. The molecule has 0 saturated heterocycles. The van der Waals surface area contributed by atoms with Crippen LogP contribution < -0.4 is 5.56 Å². The van der Waals surface area contributed by atoms with Gasteiger partial charge in [-0.3, -0.25) is 9.59 Å². The molecule has 6 heteroatoms. The second-order valence-electron chi connectivity index (χ2n) is 5.48. The van der Waals surface area contributed by atoms with E-state index >= 15 is 0 Å². The SMILES string of the molecule is O=C(O)[C@@H]1CCc2nn(Cc3ccccc3Cl)c(=O)cc2C1. The van der Waals surface area contributed by atoms with Crippen LogP contribution in [0.1, 0.15) is 23.2 Å². The third-order valence-corrected chi connectivity index (χ3v) is 4.36. The van der Waals surface area contributed by atoms with Crippen LogP contribution in [0.15, 0.2) is 35.1 Å². The molecule has 5 nitrogen and oxygen atoms in total. The topological polar surface area (TPSA) is 72.2 Å². The molecule has 1 aromatic heterocycles. The standard InChI is InChI=1S/C16H15ClN2O3/c17-13-4-2-1-3-11(13)9-19-15(20)8-12-7-10(16(21)22)5-6-14(12)18-19/h1-4,8,10H,5-7,9H2,(H,21,22)/t10-/m1/s1. The van der Waals surface area contributed by atoms with Gasteiger partial charge in [-0.2, -0.15) is 5.10 Å². The molecule has 1 atom stereocenters. The smallest absolute Gasteiger partial charge is 0.306 e. The highest BCUT2D eigenvalue weighted by Crippen LogP contribution is 2.23. The van der Waals surface area contributed by atoms with Crippen molar-refractivity contribution in [2.75, 3.05) is 0 Å². The number of carboxylic acids is 1. The van der Waals surface area contributed by atoms with Gasteiger partial charge in [0.2, 0.25) is 0 Å². The van der Waals surface area contributed by atoms with Crippen LogP contribution in [0.2, 0.25) is 5.02 Å². The van der Waals surface area contributed by atoms with Crippen molar-refractivity contribution < 1.29 is 9.90 Å². The minimum absolute atomic E-state index is 0.232. The quantitative estimate of drug-likeness (QED) is 0.941. The van der Waals surface area contributed by atoms with Crippen LogP contribution >= 0.6 is 11.6 Å². The van der Waals surface area contributed by atoms with Gasteiger partial charge in [-0.25, -0.2) is 4.68 Å². The summed E-state index contributed by atoms with van der Waals surface area (Å²) in [5, 5.41) is 14.1. The number of hydrogen-bond donors (Lipinski definition) is 1. The number of aryl methyl sites for hydroxylation is 1. The zero-order valence-corrected chi connectivity index (χ0v) is 12.6. The molecule has 1 aliphatic rings. The van der Waals surface area contributed by atoms with E-state index in [1.165, 1.54) is 10.7 Å². The van der Waals surface area contributed by atoms with Crippen molar-refractivity contribution in [3.63, 3.8) is 0 Å². The van der Waals surface area contributed by atoms with Gasteiger partial charge in [0, 0.05) is 11.1 Å². The number of hydrogen-bond acceptors (Lipinski definition) is 3. The number of aliphatic carboxylic acids is 1. The van der Waals surface area contributed by atoms with Crippen LogP contribution in [0.4, 0.5) is 0 Å². The first-order valence-corrected chi connectivity index (χ1v) is 7.48. The Hall–Kier alpha value is -2.14. The lowest BCUT2D eigenvalue weighted by molar-refractivity contribution is -0.142. The van der Waals surface area contributed by atoms with E-state index in [4.69, 9.17) is 16.7 Å². The molecule has 2 aromatic rings. The number of carboxylic acid groups (broad SMARTS) is 1. The van der Waals surface area contributed by atoms with Gasteiger partial charge in [0.15, 0.2) is 0 Å². The molecule has 114 valence electrons. The summed E-state index contributed by atoms with van der Waals surface area (Å²) < 4.78 is 1.39. The van der Waals surface area contributed by atoms with Crippen LogP contribution in [0, 0.1) is 5.92 Å². The fraction of sp³-hybridized carbons (Fsp3) is 0.312. The third kappa shape index (κ3) is 2.90. The third-order valence-electron chi connectivity index (χ3n) is 3.99. The van der Waals surface area contributed by atoms with Crippen LogP contribution in [-0.4, -0.2) is 20.9 Å². The summed E-state index contributed by atoms with van der Waals surface area (Å²) in [6, 6.07) is 8.84.